The topological polar surface area (TPSA) is 49.0 Å². The van der Waals surface area contributed by atoms with E-state index in [1.807, 2.05) is 35.2 Å². The molecule has 1 amide bonds. The quantitative estimate of drug-likeness (QED) is 0.747. The van der Waals surface area contributed by atoms with E-state index in [1.54, 1.807) is 0 Å². The second-order valence-electron chi connectivity index (χ2n) is 7.38. The van der Waals surface area contributed by atoms with Gasteiger partial charge in [0.1, 0.15) is 5.69 Å². The van der Waals surface area contributed by atoms with Crippen molar-refractivity contribution in [1.29, 1.82) is 0 Å². The Morgan fingerprint density at radius 2 is 1.77 bits per heavy atom. The molecule has 0 saturated heterocycles. The molecule has 0 saturated carbocycles. The van der Waals surface area contributed by atoms with E-state index in [1.165, 1.54) is 5.56 Å². The molecule has 0 radical (unpaired) electrons. The standard InChI is InChI=1S/C22H23N3O/c1-14(2)13-18-19-20(24-23-18)22(26)25(17-7-5-4-6-8-17)21(19)16-11-9-15(3)10-12-16/h4-12,14,21H,13H2,1-3H3,(H,23,24). The summed E-state index contributed by atoms with van der Waals surface area (Å²) in [6.45, 7) is 6.42. The number of carbonyl (C=O) groups is 1. The number of carbonyl (C=O) groups excluding carboxylic acids is 1. The molecule has 1 aliphatic rings. The maximum Gasteiger partial charge on any atom is 0.277 e. The summed E-state index contributed by atoms with van der Waals surface area (Å²) >= 11 is 0. The highest BCUT2D eigenvalue weighted by molar-refractivity contribution is 6.10. The second kappa shape index (κ2) is 6.45. The molecule has 0 spiro atoms. The molecule has 26 heavy (non-hydrogen) atoms. The summed E-state index contributed by atoms with van der Waals surface area (Å²) in [5.41, 5.74) is 5.86. The summed E-state index contributed by atoms with van der Waals surface area (Å²) in [5, 5.41) is 7.49. The van der Waals surface area contributed by atoms with Crippen LogP contribution in [0.3, 0.4) is 0 Å². The average molecular weight is 345 g/mol. The van der Waals surface area contributed by atoms with Gasteiger partial charge in [-0.05, 0) is 37.0 Å². The summed E-state index contributed by atoms with van der Waals surface area (Å²) < 4.78 is 0. The Morgan fingerprint density at radius 3 is 2.42 bits per heavy atom. The van der Waals surface area contributed by atoms with E-state index >= 15 is 0 Å². The third-order valence-corrected chi connectivity index (χ3v) is 4.88. The molecule has 4 nitrogen and oxygen atoms in total. The maximum atomic E-state index is 13.2. The summed E-state index contributed by atoms with van der Waals surface area (Å²) in [6.07, 6.45) is 0.851. The fraction of sp³-hybridized carbons (Fsp3) is 0.273. The number of hydrogen-bond acceptors (Lipinski definition) is 2. The Balaban J connectivity index is 1.89. The van der Waals surface area contributed by atoms with Crippen LogP contribution in [0.25, 0.3) is 0 Å². The molecule has 4 heteroatoms. The molecule has 0 fully saturated rings. The molecule has 0 aliphatic carbocycles. The first-order chi connectivity index (χ1) is 12.6. The lowest BCUT2D eigenvalue weighted by Crippen LogP contribution is -2.29. The van der Waals surface area contributed by atoms with E-state index in [-0.39, 0.29) is 11.9 Å². The fourth-order valence-corrected chi connectivity index (χ4v) is 3.67. The number of hydrogen-bond donors (Lipinski definition) is 1. The Labute approximate surface area is 153 Å². The minimum atomic E-state index is -0.145. The van der Waals surface area contributed by atoms with E-state index in [2.05, 4.69) is 55.2 Å². The normalized spacial score (nSPS) is 16.4. The van der Waals surface area contributed by atoms with E-state index in [0.29, 0.717) is 11.6 Å². The van der Waals surface area contributed by atoms with Crippen molar-refractivity contribution in [1.82, 2.24) is 10.2 Å². The Hall–Kier alpha value is -2.88. The van der Waals surface area contributed by atoms with E-state index < -0.39 is 0 Å². The Bertz CT molecular complexity index is 926. The molecule has 1 atom stereocenters. The molecule has 0 bridgehead atoms. The molecule has 132 valence electrons. The first kappa shape index (κ1) is 16.6. The minimum Gasteiger partial charge on any atom is -0.295 e. The van der Waals surface area contributed by atoms with Crippen molar-refractivity contribution in [2.75, 3.05) is 4.90 Å². The number of aromatic nitrogens is 2. The molecule has 2 heterocycles. The number of amides is 1. The van der Waals surface area contributed by atoms with Gasteiger partial charge in [-0.2, -0.15) is 5.10 Å². The number of para-hydroxylation sites is 1. The van der Waals surface area contributed by atoms with Gasteiger partial charge >= 0.3 is 0 Å². The van der Waals surface area contributed by atoms with Crippen LogP contribution in [0.4, 0.5) is 5.69 Å². The number of aromatic amines is 1. The highest BCUT2D eigenvalue weighted by Crippen LogP contribution is 2.42. The maximum absolute atomic E-state index is 13.2. The number of H-pyrrole nitrogens is 1. The molecule has 1 aromatic heterocycles. The van der Waals surface area contributed by atoms with E-state index in [0.717, 1.165) is 28.9 Å². The summed E-state index contributed by atoms with van der Waals surface area (Å²) in [7, 11) is 0. The number of fused-ring (bicyclic) bond motifs is 1. The largest absolute Gasteiger partial charge is 0.295 e. The number of anilines is 1. The van der Waals surface area contributed by atoms with Crippen molar-refractivity contribution in [3.05, 3.63) is 82.7 Å². The molecule has 1 unspecified atom stereocenters. The van der Waals surface area contributed by atoms with Crippen molar-refractivity contribution < 1.29 is 4.79 Å². The highest BCUT2D eigenvalue weighted by atomic mass is 16.2. The van der Waals surface area contributed by atoms with Crippen LogP contribution in [0.1, 0.15) is 52.8 Å². The summed E-state index contributed by atoms with van der Waals surface area (Å²) in [6, 6.07) is 18.2. The molecule has 3 aromatic rings. The smallest absolute Gasteiger partial charge is 0.277 e. The van der Waals surface area contributed by atoms with Gasteiger partial charge in [-0.25, -0.2) is 0 Å². The third kappa shape index (κ3) is 2.71. The predicted octanol–water partition coefficient (Wildman–Crippen LogP) is 4.67. The van der Waals surface area contributed by atoms with Gasteiger partial charge in [0.2, 0.25) is 0 Å². The average Bonchev–Trinajstić information content (AvgIpc) is 3.15. The second-order valence-corrected chi connectivity index (χ2v) is 7.38. The van der Waals surface area contributed by atoms with Crippen molar-refractivity contribution >= 4 is 11.6 Å². The Morgan fingerprint density at radius 1 is 1.08 bits per heavy atom. The van der Waals surface area contributed by atoms with Crippen LogP contribution < -0.4 is 4.90 Å². The summed E-state index contributed by atoms with van der Waals surface area (Å²) in [4.78, 5) is 15.1. The van der Waals surface area contributed by atoms with Gasteiger partial charge in [-0.1, -0.05) is 61.9 Å². The number of nitrogens with one attached hydrogen (secondary N) is 1. The van der Waals surface area contributed by atoms with Crippen LogP contribution in [0.15, 0.2) is 54.6 Å². The SMILES string of the molecule is Cc1ccc(C2c3c(CC(C)C)n[nH]c3C(=O)N2c2ccccc2)cc1. The van der Waals surface area contributed by atoms with Gasteiger partial charge in [-0.3, -0.25) is 14.8 Å². The van der Waals surface area contributed by atoms with Crippen molar-refractivity contribution in [3.63, 3.8) is 0 Å². The molecule has 2 aromatic carbocycles. The van der Waals surface area contributed by atoms with Crippen LogP contribution in [0.2, 0.25) is 0 Å². The predicted molar refractivity (Wildman–Crippen MR) is 103 cm³/mol. The van der Waals surface area contributed by atoms with Gasteiger partial charge in [0.05, 0.1) is 11.7 Å². The molecule has 4 rings (SSSR count). The van der Waals surface area contributed by atoms with Crippen molar-refractivity contribution in [2.45, 2.75) is 33.2 Å². The highest BCUT2D eigenvalue weighted by Gasteiger charge is 2.42. The van der Waals surface area contributed by atoms with Crippen molar-refractivity contribution in [3.8, 4) is 0 Å². The monoisotopic (exact) mass is 345 g/mol. The van der Waals surface area contributed by atoms with Gasteiger partial charge in [0.25, 0.3) is 5.91 Å². The molecular weight excluding hydrogens is 322 g/mol. The number of benzene rings is 2. The zero-order valence-corrected chi connectivity index (χ0v) is 15.4. The fourth-order valence-electron chi connectivity index (χ4n) is 3.67. The lowest BCUT2D eigenvalue weighted by atomic mass is 9.95. The first-order valence-electron chi connectivity index (χ1n) is 9.08. The molecule has 1 N–H and O–H groups in total. The minimum absolute atomic E-state index is 0.0146. The first-order valence-corrected chi connectivity index (χ1v) is 9.08. The summed E-state index contributed by atoms with van der Waals surface area (Å²) in [5.74, 6) is 0.459. The zero-order chi connectivity index (χ0) is 18.3. The lowest BCUT2D eigenvalue weighted by Gasteiger charge is -2.26. The van der Waals surface area contributed by atoms with Gasteiger partial charge in [0, 0.05) is 11.3 Å². The van der Waals surface area contributed by atoms with Gasteiger partial charge in [0.15, 0.2) is 0 Å². The van der Waals surface area contributed by atoms with Gasteiger partial charge in [-0.15, -0.1) is 0 Å². The lowest BCUT2D eigenvalue weighted by molar-refractivity contribution is 0.0988. The molecule has 1 aliphatic heterocycles. The number of rotatable bonds is 4. The van der Waals surface area contributed by atoms with Crippen LogP contribution >= 0.6 is 0 Å². The molecular formula is C22H23N3O. The Kier molecular flexibility index (Phi) is 4.11. The number of nitrogens with zero attached hydrogens (tertiary/aromatic N) is 2. The third-order valence-electron chi connectivity index (χ3n) is 4.88. The van der Waals surface area contributed by atoms with Crippen LogP contribution in [0.5, 0.6) is 0 Å². The van der Waals surface area contributed by atoms with Gasteiger partial charge < -0.3 is 0 Å². The van der Waals surface area contributed by atoms with E-state index in [4.69, 9.17) is 0 Å². The van der Waals surface area contributed by atoms with Crippen LogP contribution in [0, 0.1) is 12.8 Å². The van der Waals surface area contributed by atoms with E-state index in [9.17, 15) is 4.79 Å². The number of aryl methyl sites for hydroxylation is 1. The van der Waals surface area contributed by atoms with Crippen molar-refractivity contribution in [2.24, 2.45) is 5.92 Å². The van der Waals surface area contributed by atoms with Crippen LogP contribution in [-0.2, 0) is 6.42 Å². The van der Waals surface area contributed by atoms with Crippen LogP contribution in [-0.4, -0.2) is 16.1 Å². The zero-order valence-electron chi connectivity index (χ0n) is 15.4.